The molecule has 0 aromatic heterocycles. The van der Waals surface area contributed by atoms with Crippen LogP contribution in [0, 0.1) is 0 Å². The quantitative estimate of drug-likeness (QED) is 0.329. The van der Waals surface area contributed by atoms with E-state index in [1.165, 1.54) is 0 Å². The standard InChI is InChI=1S/C4H3F6NO3S/c1-2(3(5,6)7)11-14-15(12,13)4(8,9)10/h1H3/b11-2-. The first-order valence-electron chi connectivity index (χ1n) is 2.99. The molecule has 0 aliphatic carbocycles. The van der Waals surface area contributed by atoms with Gasteiger partial charge < -0.3 is 0 Å². The van der Waals surface area contributed by atoms with Crippen molar-refractivity contribution < 1.29 is 39.0 Å². The van der Waals surface area contributed by atoms with Crippen molar-refractivity contribution in [3.8, 4) is 0 Å². The third kappa shape index (κ3) is 3.93. The summed E-state index contributed by atoms with van der Waals surface area (Å²) in [5, 5.41) is 1.82. The van der Waals surface area contributed by atoms with Crippen molar-refractivity contribution in [1.29, 1.82) is 0 Å². The maximum atomic E-state index is 11.6. The van der Waals surface area contributed by atoms with E-state index in [1.54, 1.807) is 0 Å². The van der Waals surface area contributed by atoms with Gasteiger partial charge in [-0.2, -0.15) is 34.8 Å². The van der Waals surface area contributed by atoms with Crippen LogP contribution < -0.4 is 0 Å². The SMILES string of the molecule is C/C(=N/OS(=O)(=O)C(F)(F)F)C(F)(F)F. The van der Waals surface area contributed by atoms with Crippen LogP contribution in [0.3, 0.4) is 0 Å². The molecule has 0 saturated heterocycles. The molecule has 0 radical (unpaired) electrons. The van der Waals surface area contributed by atoms with Crippen LogP contribution in [-0.2, 0) is 14.4 Å². The Morgan fingerprint density at radius 3 is 1.80 bits per heavy atom. The Balaban J connectivity index is 4.82. The summed E-state index contributed by atoms with van der Waals surface area (Å²) in [6, 6.07) is 0. The predicted molar refractivity (Wildman–Crippen MR) is 35.2 cm³/mol. The zero-order valence-corrected chi connectivity index (χ0v) is 7.66. The Morgan fingerprint density at radius 1 is 1.13 bits per heavy atom. The normalized spacial score (nSPS) is 15.3. The van der Waals surface area contributed by atoms with E-state index in [0.29, 0.717) is 0 Å². The van der Waals surface area contributed by atoms with E-state index < -0.39 is 27.5 Å². The Hall–Kier alpha value is -1.00. The molecule has 0 fully saturated rings. The van der Waals surface area contributed by atoms with E-state index in [-0.39, 0.29) is 6.92 Å². The van der Waals surface area contributed by atoms with Crippen LogP contribution in [0.5, 0.6) is 0 Å². The number of hydrogen-bond donors (Lipinski definition) is 0. The molecule has 0 N–H and O–H groups in total. The molecule has 0 aromatic rings. The van der Waals surface area contributed by atoms with Gasteiger partial charge in [0.25, 0.3) is 0 Å². The minimum absolute atomic E-state index is 0.256. The summed E-state index contributed by atoms with van der Waals surface area (Å²) < 4.78 is 92.4. The fourth-order valence-corrected chi connectivity index (χ4v) is 0.493. The van der Waals surface area contributed by atoms with Crippen LogP contribution in [0.2, 0.25) is 0 Å². The molecule has 0 aromatic carbocycles. The van der Waals surface area contributed by atoms with Crippen LogP contribution in [0.1, 0.15) is 6.92 Å². The molecular weight excluding hydrogens is 256 g/mol. The monoisotopic (exact) mass is 259 g/mol. The number of halogens is 6. The Labute approximate surface area is 79.6 Å². The number of hydrogen-bond acceptors (Lipinski definition) is 4. The van der Waals surface area contributed by atoms with Crippen molar-refractivity contribution in [2.75, 3.05) is 0 Å². The second-order valence-electron chi connectivity index (χ2n) is 2.15. The van der Waals surface area contributed by atoms with Crippen molar-refractivity contribution in [2.24, 2.45) is 5.16 Å². The van der Waals surface area contributed by atoms with Crippen LogP contribution in [-0.4, -0.2) is 25.8 Å². The summed E-state index contributed by atoms with van der Waals surface area (Å²) in [6.45, 7) is 0.256. The lowest BCUT2D eigenvalue weighted by Crippen LogP contribution is -2.26. The van der Waals surface area contributed by atoms with Crippen LogP contribution in [0.25, 0.3) is 0 Å². The van der Waals surface area contributed by atoms with E-state index >= 15 is 0 Å². The molecule has 90 valence electrons. The van der Waals surface area contributed by atoms with Gasteiger partial charge in [-0.3, -0.25) is 4.28 Å². The molecule has 0 heterocycles. The topological polar surface area (TPSA) is 55.7 Å². The number of alkyl halides is 6. The average molecular weight is 259 g/mol. The van der Waals surface area contributed by atoms with Crippen LogP contribution >= 0.6 is 0 Å². The Morgan fingerprint density at radius 2 is 1.53 bits per heavy atom. The molecular formula is C4H3F6NO3S. The van der Waals surface area contributed by atoms with E-state index in [1.807, 2.05) is 5.16 Å². The molecule has 0 aliphatic rings. The van der Waals surface area contributed by atoms with Crippen molar-refractivity contribution >= 4 is 15.8 Å². The molecule has 0 aliphatic heterocycles. The Bertz CT molecular complexity index is 352. The van der Waals surface area contributed by atoms with E-state index in [2.05, 4.69) is 4.28 Å². The molecule has 11 heteroatoms. The largest absolute Gasteiger partial charge is 0.536 e. The molecule has 0 saturated carbocycles. The smallest absolute Gasteiger partial charge is 0.262 e. The fraction of sp³-hybridized carbons (Fsp3) is 0.750. The van der Waals surface area contributed by atoms with Gasteiger partial charge in [-0.05, 0) is 6.92 Å². The zero-order valence-electron chi connectivity index (χ0n) is 6.85. The van der Waals surface area contributed by atoms with Gasteiger partial charge in [0.2, 0.25) is 0 Å². The highest BCUT2D eigenvalue weighted by Gasteiger charge is 2.49. The molecule has 0 atom stereocenters. The Kier molecular flexibility index (Phi) is 3.61. The maximum Gasteiger partial charge on any atom is 0.536 e. The van der Waals surface area contributed by atoms with Gasteiger partial charge in [-0.1, -0.05) is 5.16 Å². The molecule has 0 unspecified atom stereocenters. The van der Waals surface area contributed by atoms with E-state index in [4.69, 9.17) is 0 Å². The minimum Gasteiger partial charge on any atom is -0.262 e. The third-order valence-corrected chi connectivity index (χ3v) is 1.80. The van der Waals surface area contributed by atoms with Gasteiger partial charge in [0.05, 0.1) is 0 Å². The summed E-state index contributed by atoms with van der Waals surface area (Å²) in [7, 11) is -6.14. The van der Waals surface area contributed by atoms with Gasteiger partial charge >= 0.3 is 21.8 Å². The van der Waals surface area contributed by atoms with Gasteiger partial charge in [0, 0.05) is 0 Å². The minimum atomic E-state index is -6.14. The third-order valence-electron chi connectivity index (χ3n) is 0.966. The maximum absolute atomic E-state index is 11.6. The zero-order chi connectivity index (χ0) is 12.5. The van der Waals surface area contributed by atoms with Gasteiger partial charge in [-0.25, -0.2) is 0 Å². The molecule has 0 spiro atoms. The lowest BCUT2D eigenvalue weighted by atomic mass is 10.4. The molecule has 0 bridgehead atoms. The van der Waals surface area contributed by atoms with Crippen molar-refractivity contribution in [1.82, 2.24) is 0 Å². The lowest BCUT2D eigenvalue weighted by Gasteiger charge is -2.07. The fourth-order valence-electron chi connectivity index (χ4n) is 0.199. The van der Waals surface area contributed by atoms with Gasteiger partial charge in [0.15, 0.2) is 5.71 Å². The molecule has 0 rings (SSSR count). The molecule has 4 nitrogen and oxygen atoms in total. The summed E-state index contributed by atoms with van der Waals surface area (Å²) >= 11 is 0. The van der Waals surface area contributed by atoms with E-state index in [9.17, 15) is 34.8 Å². The van der Waals surface area contributed by atoms with Crippen molar-refractivity contribution in [2.45, 2.75) is 18.6 Å². The van der Waals surface area contributed by atoms with Gasteiger partial charge in [-0.15, -0.1) is 0 Å². The lowest BCUT2D eigenvalue weighted by molar-refractivity contribution is -0.0643. The summed E-state index contributed by atoms with van der Waals surface area (Å²) in [6.07, 6.45) is -5.05. The van der Waals surface area contributed by atoms with Crippen LogP contribution in [0.4, 0.5) is 26.3 Å². The highest BCUT2D eigenvalue weighted by molar-refractivity contribution is 7.87. The second kappa shape index (κ2) is 3.87. The molecule has 15 heavy (non-hydrogen) atoms. The first-order chi connectivity index (χ1) is 6.38. The summed E-state index contributed by atoms with van der Waals surface area (Å²) in [5.74, 6) is 0. The van der Waals surface area contributed by atoms with Crippen LogP contribution in [0.15, 0.2) is 5.16 Å². The molecule has 0 amide bonds. The van der Waals surface area contributed by atoms with Crippen molar-refractivity contribution in [3.05, 3.63) is 0 Å². The second-order valence-corrected chi connectivity index (χ2v) is 3.67. The number of oxime groups is 1. The highest BCUT2D eigenvalue weighted by Crippen LogP contribution is 2.25. The summed E-state index contributed by atoms with van der Waals surface area (Å²) in [4.78, 5) is 0. The van der Waals surface area contributed by atoms with Gasteiger partial charge in [0.1, 0.15) is 0 Å². The summed E-state index contributed by atoms with van der Waals surface area (Å²) in [5.41, 5.74) is -7.67. The number of nitrogens with zero attached hydrogens (tertiary/aromatic N) is 1. The average Bonchev–Trinajstić information content (AvgIpc) is 1.96. The highest BCUT2D eigenvalue weighted by atomic mass is 32.2. The predicted octanol–water partition coefficient (Wildman–Crippen LogP) is 1.79. The van der Waals surface area contributed by atoms with Crippen molar-refractivity contribution in [3.63, 3.8) is 0 Å². The van der Waals surface area contributed by atoms with E-state index in [0.717, 1.165) is 0 Å². The number of rotatable bonds is 2. The first-order valence-corrected chi connectivity index (χ1v) is 4.40. The first kappa shape index (κ1) is 14.0.